The zero-order valence-corrected chi connectivity index (χ0v) is 15.0. The minimum Gasteiger partial charge on any atom is -0.323 e. The number of carbonyl (C=O) groups excluding carboxylic acids is 1. The van der Waals surface area contributed by atoms with Crippen molar-refractivity contribution in [2.24, 2.45) is 0 Å². The standard InChI is InChI=1S/C20H31N3O/c1-2-3-7-15-23-16-9-13-20(23)12-8-14-22(17-20)19(24)21-18-10-5-4-6-11-18/h4-6,10-11H,2-3,7-9,12-17H2,1H3,(H,21,24). The summed E-state index contributed by atoms with van der Waals surface area (Å²) in [6.45, 7) is 6.43. The van der Waals surface area contributed by atoms with E-state index in [9.17, 15) is 4.79 Å². The van der Waals surface area contributed by atoms with Gasteiger partial charge in [0.05, 0.1) is 0 Å². The largest absolute Gasteiger partial charge is 0.323 e. The third kappa shape index (κ3) is 3.92. The molecule has 1 N–H and O–H groups in total. The molecule has 4 nitrogen and oxygen atoms in total. The number of hydrogen-bond donors (Lipinski definition) is 1. The third-order valence-corrected chi connectivity index (χ3v) is 5.64. The molecule has 0 radical (unpaired) electrons. The maximum atomic E-state index is 12.7. The predicted octanol–water partition coefficient (Wildman–Crippen LogP) is 4.34. The maximum Gasteiger partial charge on any atom is 0.321 e. The summed E-state index contributed by atoms with van der Waals surface area (Å²) in [4.78, 5) is 17.4. The molecule has 0 aromatic heterocycles. The number of amides is 2. The average Bonchev–Trinajstić information content (AvgIpc) is 2.98. The molecule has 132 valence electrons. The molecule has 0 aliphatic carbocycles. The van der Waals surface area contributed by atoms with Crippen molar-refractivity contribution < 1.29 is 4.79 Å². The van der Waals surface area contributed by atoms with E-state index in [0.29, 0.717) is 0 Å². The van der Waals surface area contributed by atoms with Crippen LogP contribution in [-0.2, 0) is 0 Å². The highest BCUT2D eigenvalue weighted by Gasteiger charge is 2.44. The Bertz CT molecular complexity index is 533. The lowest BCUT2D eigenvalue weighted by Crippen LogP contribution is -2.57. The molecule has 2 aliphatic rings. The molecule has 0 bridgehead atoms. The lowest BCUT2D eigenvalue weighted by molar-refractivity contribution is 0.0576. The van der Waals surface area contributed by atoms with Gasteiger partial charge in [-0.25, -0.2) is 4.79 Å². The Morgan fingerprint density at radius 2 is 1.88 bits per heavy atom. The van der Waals surface area contributed by atoms with Crippen molar-refractivity contribution in [3.05, 3.63) is 30.3 Å². The molecule has 2 heterocycles. The van der Waals surface area contributed by atoms with Crippen LogP contribution in [0.1, 0.15) is 51.9 Å². The lowest BCUT2D eigenvalue weighted by Gasteiger charge is -2.46. The minimum atomic E-state index is 0.0562. The van der Waals surface area contributed by atoms with E-state index in [1.165, 1.54) is 51.6 Å². The van der Waals surface area contributed by atoms with E-state index in [1.54, 1.807) is 0 Å². The molecule has 3 rings (SSSR count). The van der Waals surface area contributed by atoms with Gasteiger partial charge in [-0.2, -0.15) is 0 Å². The Morgan fingerprint density at radius 3 is 2.62 bits per heavy atom. The molecule has 1 spiro atoms. The number of hydrogen-bond acceptors (Lipinski definition) is 2. The second kappa shape index (κ2) is 8.02. The number of likely N-dealkylation sites (tertiary alicyclic amines) is 2. The maximum absolute atomic E-state index is 12.7. The van der Waals surface area contributed by atoms with Crippen LogP contribution in [0.2, 0.25) is 0 Å². The smallest absolute Gasteiger partial charge is 0.321 e. The van der Waals surface area contributed by atoms with Crippen LogP contribution in [0.15, 0.2) is 30.3 Å². The van der Waals surface area contributed by atoms with Gasteiger partial charge in [-0.15, -0.1) is 0 Å². The van der Waals surface area contributed by atoms with Crippen LogP contribution in [0.4, 0.5) is 10.5 Å². The van der Waals surface area contributed by atoms with E-state index in [-0.39, 0.29) is 11.6 Å². The highest BCUT2D eigenvalue weighted by atomic mass is 16.2. The fourth-order valence-corrected chi connectivity index (χ4v) is 4.37. The summed E-state index contributed by atoms with van der Waals surface area (Å²) in [7, 11) is 0. The van der Waals surface area contributed by atoms with Gasteiger partial charge in [0.1, 0.15) is 0 Å². The van der Waals surface area contributed by atoms with Crippen molar-refractivity contribution >= 4 is 11.7 Å². The van der Waals surface area contributed by atoms with Crippen molar-refractivity contribution in [1.82, 2.24) is 9.80 Å². The molecule has 1 atom stereocenters. The quantitative estimate of drug-likeness (QED) is 0.816. The molecule has 0 saturated carbocycles. The predicted molar refractivity (Wildman–Crippen MR) is 99.3 cm³/mol. The fraction of sp³-hybridized carbons (Fsp3) is 0.650. The van der Waals surface area contributed by atoms with Crippen molar-refractivity contribution in [1.29, 1.82) is 0 Å². The number of nitrogens with one attached hydrogen (secondary N) is 1. The molecule has 1 unspecified atom stereocenters. The molecule has 24 heavy (non-hydrogen) atoms. The number of anilines is 1. The zero-order valence-electron chi connectivity index (χ0n) is 15.0. The van der Waals surface area contributed by atoms with E-state index in [4.69, 9.17) is 0 Å². The molecular formula is C20H31N3O. The van der Waals surface area contributed by atoms with Gasteiger partial charge >= 0.3 is 6.03 Å². The number of para-hydroxylation sites is 1. The molecule has 4 heteroatoms. The molecular weight excluding hydrogens is 298 g/mol. The molecule has 2 amide bonds. The summed E-state index contributed by atoms with van der Waals surface area (Å²) >= 11 is 0. The monoisotopic (exact) mass is 329 g/mol. The second-order valence-electron chi connectivity index (χ2n) is 7.34. The number of benzene rings is 1. The Hall–Kier alpha value is -1.55. The molecule has 2 aliphatic heterocycles. The SMILES string of the molecule is CCCCCN1CCCC12CCCN(C(=O)Nc1ccccc1)C2. The Labute approximate surface area is 146 Å². The van der Waals surface area contributed by atoms with Crippen LogP contribution in [0, 0.1) is 0 Å². The average molecular weight is 329 g/mol. The second-order valence-corrected chi connectivity index (χ2v) is 7.34. The van der Waals surface area contributed by atoms with Crippen LogP contribution in [0.5, 0.6) is 0 Å². The van der Waals surface area contributed by atoms with Gasteiger partial charge in [0.25, 0.3) is 0 Å². The van der Waals surface area contributed by atoms with Gasteiger partial charge in [-0.1, -0.05) is 38.0 Å². The van der Waals surface area contributed by atoms with E-state index in [0.717, 1.165) is 25.2 Å². The number of carbonyl (C=O) groups is 1. The Balaban J connectivity index is 1.61. The first kappa shape index (κ1) is 17.3. The highest BCUT2D eigenvalue weighted by Crippen LogP contribution is 2.37. The van der Waals surface area contributed by atoms with Crippen LogP contribution in [0.25, 0.3) is 0 Å². The number of nitrogens with zero attached hydrogens (tertiary/aromatic N) is 2. The molecule has 2 fully saturated rings. The van der Waals surface area contributed by atoms with Crippen molar-refractivity contribution in [2.45, 2.75) is 57.4 Å². The number of piperidine rings is 1. The summed E-state index contributed by atoms with van der Waals surface area (Å²) in [5, 5.41) is 3.05. The molecule has 1 aromatic carbocycles. The third-order valence-electron chi connectivity index (χ3n) is 5.64. The number of urea groups is 1. The van der Waals surface area contributed by atoms with E-state index in [2.05, 4.69) is 17.1 Å². The van der Waals surface area contributed by atoms with Crippen LogP contribution in [0.3, 0.4) is 0 Å². The first-order chi connectivity index (χ1) is 11.7. The normalized spacial score (nSPS) is 24.5. The number of rotatable bonds is 5. The van der Waals surface area contributed by atoms with Gasteiger partial charge in [0, 0.05) is 24.3 Å². The Morgan fingerprint density at radius 1 is 1.12 bits per heavy atom. The summed E-state index contributed by atoms with van der Waals surface area (Å²) in [6, 6.07) is 9.84. The molecule has 1 aromatic rings. The summed E-state index contributed by atoms with van der Waals surface area (Å²) in [5.41, 5.74) is 1.12. The highest BCUT2D eigenvalue weighted by molar-refractivity contribution is 5.89. The van der Waals surface area contributed by atoms with Crippen molar-refractivity contribution in [2.75, 3.05) is 31.5 Å². The first-order valence-electron chi connectivity index (χ1n) is 9.59. The first-order valence-corrected chi connectivity index (χ1v) is 9.59. The fourth-order valence-electron chi connectivity index (χ4n) is 4.37. The van der Waals surface area contributed by atoms with Crippen molar-refractivity contribution in [3.8, 4) is 0 Å². The van der Waals surface area contributed by atoms with E-state index < -0.39 is 0 Å². The molecule has 2 saturated heterocycles. The lowest BCUT2D eigenvalue weighted by atomic mass is 9.86. The summed E-state index contributed by atoms with van der Waals surface area (Å²) in [6.07, 6.45) is 8.75. The summed E-state index contributed by atoms with van der Waals surface area (Å²) in [5.74, 6) is 0. The van der Waals surface area contributed by atoms with Crippen LogP contribution in [-0.4, -0.2) is 47.5 Å². The zero-order chi connectivity index (χ0) is 16.8. The van der Waals surface area contributed by atoms with Gasteiger partial charge < -0.3 is 10.2 Å². The van der Waals surface area contributed by atoms with E-state index >= 15 is 0 Å². The number of unbranched alkanes of at least 4 members (excludes halogenated alkanes) is 2. The van der Waals surface area contributed by atoms with Gasteiger partial charge in [0.2, 0.25) is 0 Å². The van der Waals surface area contributed by atoms with Crippen molar-refractivity contribution in [3.63, 3.8) is 0 Å². The van der Waals surface area contributed by atoms with Gasteiger partial charge in [-0.3, -0.25) is 4.90 Å². The Kier molecular flexibility index (Phi) is 5.77. The topological polar surface area (TPSA) is 35.6 Å². The minimum absolute atomic E-state index is 0.0562. The van der Waals surface area contributed by atoms with Gasteiger partial charge in [-0.05, 0) is 57.3 Å². The summed E-state index contributed by atoms with van der Waals surface area (Å²) < 4.78 is 0. The van der Waals surface area contributed by atoms with Crippen LogP contribution >= 0.6 is 0 Å². The van der Waals surface area contributed by atoms with E-state index in [1.807, 2.05) is 35.2 Å². The van der Waals surface area contributed by atoms with Crippen LogP contribution < -0.4 is 5.32 Å². The van der Waals surface area contributed by atoms with Gasteiger partial charge in [0.15, 0.2) is 0 Å².